The van der Waals surface area contributed by atoms with E-state index in [4.69, 9.17) is 4.74 Å². The largest absolute Gasteiger partial charge is 0.389 e. The van der Waals surface area contributed by atoms with Crippen LogP contribution in [0.2, 0.25) is 0 Å². The number of para-hydroxylation sites is 1. The molecule has 7 nitrogen and oxygen atoms in total. The molecule has 0 radical (unpaired) electrons. The zero-order chi connectivity index (χ0) is 20.1. The molecule has 28 heavy (non-hydrogen) atoms. The van der Waals surface area contributed by atoms with Crippen molar-refractivity contribution in [2.45, 2.75) is 39.0 Å². The predicted octanol–water partition coefficient (Wildman–Crippen LogP) is 1.19. The summed E-state index contributed by atoms with van der Waals surface area (Å²) in [6, 6.07) is 7.45. The summed E-state index contributed by atoms with van der Waals surface area (Å²) in [6.45, 7) is 12.1. The molecule has 1 N–H and O–H groups in total. The Morgan fingerprint density at radius 3 is 2.50 bits per heavy atom. The van der Waals surface area contributed by atoms with Gasteiger partial charge in [-0.2, -0.15) is 0 Å². The van der Waals surface area contributed by atoms with Gasteiger partial charge in [0, 0.05) is 45.8 Å². The number of rotatable bonds is 7. The topological polar surface area (TPSA) is 70.8 Å². The van der Waals surface area contributed by atoms with E-state index in [9.17, 15) is 9.90 Å². The molecular formula is C21H32N4O3. The van der Waals surface area contributed by atoms with Crippen molar-refractivity contribution in [3.63, 3.8) is 0 Å². The van der Waals surface area contributed by atoms with Crippen LogP contribution in [-0.2, 0) is 11.3 Å². The molecule has 0 spiro atoms. The first kappa shape index (κ1) is 20.9. The number of nitrogens with zero attached hydrogens (tertiary/aromatic N) is 4. The molecule has 2 aromatic rings. The molecule has 0 saturated carbocycles. The minimum absolute atomic E-state index is 0.0196. The molecule has 7 heteroatoms. The van der Waals surface area contributed by atoms with Gasteiger partial charge in [-0.15, -0.1) is 0 Å². The van der Waals surface area contributed by atoms with Gasteiger partial charge in [0.25, 0.3) is 5.56 Å². The van der Waals surface area contributed by atoms with E-state index < -0.39 is 6.10 Å². The summed E-state index contributed by atoms with van der Waals surface area (Å²) in [5.74, 6) is 0. The minimum Gasteiger partial charge on any atom is -0.389 e. The molecule has 1 saturated heterocycles. The molecule has 0 aliphatic carbocycles. The Labute approximate surface area is 166 Å². The lowest BCUT2D eigenvalue weighted by Gasteiger charge is -2.36. The highest BCUT2D eigenvalue weighted by atomic mass is 16.5. The van der Waals surface area contributed by atoms with Crippen LogP contribution in [0.3, 0.4) is 0 Å². The quantitative estimate of drug-likeness (QED) is 0.768. The second-order valence-corrected chi connectivity index (χ2v) is 8.48. The number of aliphatic hydroxyl groups excluding tert-OH is 1. The van der Waals surface area contributed by atoms with Crippen LogP contribution in [0.4, 0.5) is 0 Å². The second kappa shape index (κ2) is 9.13. The maximum atomic E-state index is 12.6. The maximum Gasteiger partial charge on any atom is 0.261 e. The third-order valence-electron chi connectivity index (χ3n) is 5.03. The van der Waals surface area contributed by atoms with Crippen molar-refractivity contribution in [1.82, 2.24) is 19.4 Å². The third kappa shape index (κ3) is 5.85. The lowest BCUT2D eigenvalue weighted by molar-refractivity contribution is -0.0586. The van der Waals surface area contributed by atoms with E-state index in [1.54, 1.807) is 10.9 Å². The fourth-order valence-corrected chi connectivity index (χ4v) is 3.41. The van der Waals surface area contributed by atoms with Crippen LogP contribution in [-0.4, -0.2) is 82.0 Å². The summed E-state index contributed by atoms with van der Waals surface area (Å²) < 4.78 is 7.35. The number of aliphatic hydroxyl groups is 1. The normalized spacial score (nSPS) is 17.9. The molecule has 1 atom stereocenters. The Morgan fingerprint density at radius 2 is 1.79 bits per heavy atom. The van der Waals surface area contributed by atoms with Crippen molar-refractivity contribution in [2.24, 2.45) is 0 Å². The highest BCUT2D eigenvalue weighted by Gasteiger charge is 2.20. The van der Waals surface area contributed by atoms with Crippen LogP contribution in [0.5, 0.6) is 0 Å². The Morgan fingerprint density at radius 1 is 1.11 bits per heavy atom. The fourth-order valence-electron chi connectivity index (χ4n) is 3.41. The highest BCUT2D eigenvalue weighted by Crippen LogP contribution is 2.09. The van der Waals surface area contributed by atoms with Gasteiger partial charge in [0.15, 0.2) is 0 Å². The molecule has 1 aliphatic heterocycles. The van der Waals surface area contributed by atoms with Crippen molar-refractivity contribution in [3.05, 3.63) is 40.9 Å². The first-order valence-electron chi connectivity index (χ1n) is 10.0. The van der Waals surface area contributed by atoms with Crippen LogP contribution < -0.4 is 5.56 Å². The first-order chi connectivity index (χ1) is 13.3. The van der Waals surface area contributed by atoms with E-state index in [0.717, 1.165) is 38.2 Å². The van der Waals surface area contributed by atoms with Gasteiger partial charge in [0.05, 0.1) is 35.5 Å². The van der Waals surface area contributed by atoms with E-state index in [1.807, 2.05) is 45.0 Å². The summed E-state index contributed by atoms with van der Waals surface area (Å²) in [4.78, 5) is 21.6. The first-order valence-corrected chi connectivity index (χ1v) is 10.0. The Balaban J connectivity index is 1.44. The Bertz CT molecular complexity index is 822. The molecule has 3 rings (SSSR count). The summed E-state index contributed by atoms with van der Waals surface area (Å²) in [6.07, 6.45) is 1.18. The van der Waals surface area contributed by atoms with Crippen LogP contribution >= 0.6 is 0 Å². The summed E-state index contributed by atoms with van der Waals surface area (Å²) in [7, 11) is 0. The number of β-amino-alcohol motifs (C(OH)–C–C–N with tert-alkyl or cyclic N) is 1. The summed E-state index contributed by atoms with van der Waals surface area (Å²) >= 11 is 0. The Kier molecular flexibility index (Phi) is 6.82. The van der Waals surface area contributed by atoms with Gasteiger partial charge in [-0.05, 0) is 32.9 Å². The molecule has 0 bridgehead atoms. The number of piperazine rings is 1. The minimum atomic E-state index is -0.465. The van der Waals surface area contributed by atoms with Crippen LogP contribution in [0.25, 0.3) is 10.9 Å². The van der Waals surface area contributed by atoms with Gasteiger partial charge >= 0.3 is 0 Å². The number of benzene rings is 1. The molecule has 1 fully saturated rings. The highest BCUT2D eigenvalue weighted by molar-refractivity contribution is 5.76. The molecule has 2 heterocycles. The fraction of sp³-hybridized carbons (Fsp3) is 0.619. The lowest BCUT2D eigenvalue weighted by atomic mass is 10.2. The molecule has 1 aliphatic rings. The smallest absolute Gasteiger partial charge is 0.261 e. The SMILES string of the molecule is CC(C)(C)OC[C@H](O)CN1CCN(CCn2cnc3ccccc3c2=O)CC1. The van der Waals surface area contributed by atoms with Crippen molar-refractivity contribution in [3.8, 4) is 0 Å². The maximum absolute atomic E-state index is 12.6. The van der Waals surface area contributed by atoms with Crippen molar-refractivity contribution in [1.29, 1.82) is 0 Å². The molecular weight excluding hydrogens is 356 g/mol. The van der Waals surface area contributed by atoms with Crippen LogP contribution in [0.1, 0.15) is 20.8 Å². The standard InChI is InChI=1S/C21H32N4O3/c1-21(2,3)28-15-17(26)14-24-10-8-23(9-11-24)12-13-25-16-22-19-7-5-4-6-18(19)20(25)27/h4-7,16-17,26H,8-15H2,1-3H3/t17-/m1/s1. The van der Waals surface area contributed by atoms with Gasteiger partial charge in [0.2, 0.25) is 0 Å². The predicted molar refractivity (Wildman–Crippen MR) is 111 cm³/mol. The van der Waals surface area contributed by atoms with Gasteiger partial charge in [-0.1, -0.05) is 12.1 Å². The van der Waals surface area contributed by atoms with Gasteiger partial charge in [-0.25, -0.2) is 4.98 Å². The number of ether oxygens (including phenoxy) is 1. The van der Waals surface area contributed by atoms with Crippen molar-refractivity contribution in [2.75, 3.05) is 45.9 Å². The molecule has 0 amide bonds. The molecule has 154 valence electrons. The number of aromatic nitrogens is 2. The molecule has 1 aromatic heterocycles. The van der Waals surface area contributed by atoms with E-state index in [0.29, 0.717) is 25.1 Å². The van der Waals surface area contributed by atoms with Crippen molar-refractivity contribution < 1.29 is 9.84 Å². The van der Waals surface area contributed by atoms with E-state index in [2.05, 4.69) is 14.8 Å². The number of hydrogen-bond donors (Lipinski definition) is 1. The second-order valence-electron chi connectivity index (χ2n) is 8.48. The monoisotopic (exact) mass is 388 g/mol. The molecule has 0 unspecified atom stereocenters. The zero-order valence-electron chi connectivity index (χ0n) is 17.2. The van der Waals surface area contributed by atoms with Gasteiger partial charge < -0.3 is 9.84 Å². The van der Waals surface area contributed by atoms with E-state index in [1.165, 1.54) is 0 Å². The summed E-state index contributed by atoms with van der Waals surface area (Å²) in [5.41, 5.74) is 0.535. The summed E-state index contributed by atoms with van der Waals surface area (Å²) in [5, 5.41) is 10.8. The van der Waals surface area contributed by atoms with E-state index >= 15 is 0 Å². The average Bonchev–Trinajstić information content (AvgIpc) is 2.67. The zero-order valence-corrected chi connectivity index (χ0v) is 17.2. The average molecular weight is 389 g/mol. The van der Waals surface area contributed by atoms with Gasteiger partial charge in [-0.3, -0.25) is 19.2 Å². The number of fused-ring (bicyclic) bond motifs is 1. The Hall–Kier alpha value is -1.80. The number of hydrogen-bond acceptors (Lipinski definition) is 6. The molecule has 1 aromatic carbocycles. The van der Waals surface area contributed by atoms with Crippen molar-refractivity contribution >= 4 is 10.9 Å². The lowest BCUT2D eigenvalue weighted by Crippen LogP contribution is -2.50. The van der Waals surface area contributed by atoms with Crippen LogP contribution in [0, 0.1) is 0 Å². The van der Waals surface area contributed by atoms with Crippen LogP contribution in [0.15, 0.2) is 35.4 Å². The van der Waals surface area contributed by atoms with Gasteiger partial charge in [0.1, 0.15) is 0 Å². The third-order valence-corrected chi connectivity index (χ3v) is 5.03. The van der Waals surface area contributed by atoms with E-state index in [-0.39, 0.29) is 11.2 Å².